The Bertz CT molecular complexity index is 308. The molecule has 0 bridgehead atoms. The van der Waals surface area contributed by atoms with E-state index in [1.807, 2.05) is 20.8 Å². The topological polar surface area (TPSA) is 37.4 Å². The Kier molecular flexibility index (Phi) is 2.81. The summed E-state index contributed by atoms with van der Waals surface area (Å²) >= 11 is 0. The predicted molar refractivity (Wildman–Crippen MR) is 59.2 cm³/mol. The fraction of sp³-hybridized carbons (Fsp3) is 0.636. The molecule has 80 valence electrons. The molecule has 0 N–H and O–H groups in total. The SMILES string of the molecule is [B]C(C)(CC(C)(C)C)N1C(=O)C=CC1=O. The van der Waals surface area contributed by atoms with E-state index in [0.29, 0.717) is 6.42 Å². The van der Waals surface area contributed by atoms with Crippen LogP contribution in [0.4, 0.5) is 0 Å². The smallest absolute Gasteiger partial charge is 0.253 e. The van der Waals surface area contributed by atoms with E-state index in [0.717, 1.165) is 4.90 Å². The van der Waals surface area contributed by atoms with E-state index in [1.54, 1.807) is 6.92 Å². The first kappa shape index (κ1) is 12.0. The van der Waals surface area contributed by atoms with Crippen molar-refractivity contribution in [1.82, 2.24) is 4.90 Å². The molecule has 1 aliphatic rings. The number of carbonyl (C=O) groups excluding carboxylic acids is 2. The molecule has 1 aliphatic heterocycles. The van der Waals surface area contributed by atoms with Gasteiger partial charge in [0.05, 0.1) is 0 Å². The molecule has 0 spiro atoms. The van der Waals surface area contributed by atoms with Crippen LogP contribution < -0.4 is 0 Å². The molecule has 0 fully saturated rings. The van der Waals surface area contributed by atoms with Gasteiger partial charge in [0.15, 0.2) is 0 Å². The van der Waals surface area contributed by atoms with E-state index >= 15 is 0 Å². The summed E-state index contributed by atoms with van der Waals surface area (Å²) in [6.45, 7) is 7.78. The van der Waals surface area contributed by atoms with Crippen molar-refractivity contribution in [3.8, 4) is 0 Å². The third-order valence-electron chi connectivity index (χ3n) is 2.21. The Labute approximate surface area is 91.9 Å². The Morgan fingerprint density at radius 2 is 1.53 bits per heavy atom. The van der Waals surface area contributed by atoms with Crippen LogP contribution in [0.5, 0.6) is 0 Å². The highest BCUT2D eigenvalue weighted by Gasteiger charge is 2.38. The van der Waals surface area contributed by atoms with Gasteiger partial charge in [-0.25, -0.2) is 0 Å². The first-order chi connectivity index (χ1) is 6.63. The monoisotopic (exact) mass is 205 g/mol. The Morgan fingerprint density at radius 1 is 1.13 bits per heavy atom. The van der Waals surface area contributed by atoms with Crippen LogP contribution in [0.2, 0.25) is 0 Å². The average molecular weight is 205 g/mol. The molecule has 0 aromatic heterocycles. The molecule has 1 atom stereocenters. The van der Waals surface area contributed by atoms with Crippen LogP contribution in [0, 0.1) is 5.41 Å². The van der Waals surface area contributed by atoms with Gasteiger partial charge >= 0.3 is 0 Å². The van der Waals surface area contributed by atoms with Gasteiger partial charge in [-0.1, -0.05) is 20.8 Å². The molecular formula is C11H16BNO2. The largest absolute Gasteiger partial charge is 0.279 e. The molecule has 1 heterocycles. The summed E-state index contributed by atoms with van der Waals surface area (Å²) in [5.41, 5.74) is -0.956. The van der Waals surface area contributed by atoms with Crippen LogP contribution in [0.3, 0.4) is 0 Å². The third kappa shape index (κ3) is 2.70. The van der Waals surface area contributed by atoms with Crippen LogP contribution in [0.1, 0.15) is 34.1 Å². The molecule has 2 radical (unpaired) electrons. The van der Waals surface area contributed by atoms with Crippen molar-refractivity contribution in [3.63, 3.8) is 0 Å². The van der Waals surface area contributed by atoms with Crippen LogP contribution in [-0.4, -0.2) is 30.0 Å². The number of rotatable bonds is 2. The minimum absolute atomic E-state index is 0.0351. The lowest BCUT2D eigenvalue weighted by atomic mass is 9.68. The molecule has 1 rings (SSSR count). The molecule has 1 unspecified atom stereocenters. The minimum atomic E-state index is -0.921. The Morgan fingerprint density at radius 3 is 1.87 bits per heavy atom. The zero-order valence-corrected chi connectivity index (χ0v) is 9.70. The second-order valence-corrected chi connectivity index (χ2v) is 5.44. The van der Waals surface area contributed by atoms with Gasteiger partial charge in [-0.2, -0.15) is 0 Å². The third-order valence-corrected chi connectivity index (χ3v) is 2.21. The van der Waals surface area contributed by atoms with Crippen molar-refractivity contribution >= 4 is 19.7 Å². The lowest BCUT2D eigenvalue weighted by Crippen LogP contribution is -2.52. The number of nitrogens with zero attached hydrogens (tertiary/aromatic N) is 1. The van der Waals surface area contributed by atoms with Gasteiger partial charge in [0, 0.05) is 17.6 Å². The second kappa shape index (κ2) is 3.51. The van der Waals surface area contributed by atoms with Crippen molar-refractivity contribution in [3.05, 3.63) is 12.2 Å². The zero-order valence-electron chi connectivity index (χ0n) is 9.70. The normalized spacial score (nSPS) is 20.9. The molecule has 0 aromatic rings. The highest BCUT2D eigenvalue weighted by atomic mass is 16.2. The summed E-state index contributed by atoms with van der Waals surface area (Å²) in [4.78, 5) is 24.0. The highest BCUT2D eigenvalue weighted by Crippen LogP contribution is 2.30. The summed E-state index contributed by atoms with van der Waals surface area (Å²) in [7, 11) is 6.03. The molecule has 0 saturated heterocycles. The Balaban J connectivity index is 2.87. The number of amides is 2. The minimum Gasteiger partial charge on any atom is -0.279 e. The molecule has 15 heavy (non-hydrogen) atoms. The van der Waals surface area contributed by atoms with Crippen molar-refractivity contribution in [2.24, 2.45) is 5.41 Å². The van der Waals surface area contributed by atoms with Crippen LogP contribution in [0.25, 0.3) is 0 Å². The van der Waals surface area contributed by atoms with E-state index in [2.05, 4.69) is 0 Å². The lowest BCUT2D eigenvalue weighted by molar-refractivity contribution is -0.141. The Hall–Kier alpha value is -1.06. The van der Waals surface area contributed by atoms with Crippen molar-refractivity contribution in [2.75, 3.05) is 0 Å². The summed E-state index contributed by atoms with van der Waals surface area (Å²) in [6.07, 6.45) is 3.09. The highest BCUT2D eigenvalue weighted by molar-refractivity contribution is 6.23. The van der Waals surface area contributed by atoms with Crippen molar-refractivity contribution in [1.29, 1.82) is 0 Å². The maximum atomic E-state index is 11.5. The molecular weight excluding hydrogens is 189 g/mol. The first-order valence-electron chi connectivity index (χ1n) is 4.99. The number of imide groups is 1. The van der Waals surface area contributed by atoms with E-state index in [4.69, 9.17) is 7.85 Å². The quantitative estimate of drug-likeness (QED) is 0.502. The standard InChI is InChI=1S/C11H16BNO2/c1-10(2,3)7-11(4,12)13-8(14)5-6-9(13)15/h5-6H,7H2,1-4H3. The number of hydrogen-bond donors (Lipinski definition) is 0. The number of carbonyl (C=O) groups is 2. The summed E-state index contributed by atoms with van der Waals surface area (Å²) in [5, 5.41) is 0. The summed E-state index contributed by atoms with van der Waals surface area (Å²) in [6, 6.07) is 0. The summed E-state index contributed by atoms with van der Waals surface area (Å²) in [5.74, 6) is -0.650. The number of hydrogen-bond acceptors (Lipinski definition) is 2. The molecule has 0 saturated carbocycles. The van der Waals surface area contributed by atoms with Gasteiger partial charge < -0.3 is 0 Å². The van der Waals surface area contributed by atoms with Gasteiger partial charge in [-0.05, 0) is 18.8 Å². The fourth-order valence-electron chi connectivity index (χ4n) is 2.06. The molecule has 4 heteroatoms. The van der Waals surface area contributed by atoms with E-state index in [1.165, 1.54) is 12.2 Å². The van der Waals surface area contributed by atoms with Crippen molar-refractivity contribution < 1.29 is 9.59 Å². The van der Waals surface area contributed by atoms with Crippen LogP contribution >= 0.6 is 0 Å². The first-order valence-corrected chi connectivity index (χ1v) is 4.99. The second-order valence-electron chi connectivity index (χ2n) is 5.44. The van der Waals surface area contributed by atoms with Gasteiger partial charge in [0.25, 0.3) is 11.8 Å². The maximum Gasteiger partial charge on any atom is 0.253 e. The molecule has 0 aromatic carbocycles. The van der Waals surface area contributed by atoms with Crippen LogP contribution in [0.15, 0.2) is 12.2 Å². The van der Waals surface area contributed by atoms with Gasteiger partial charge in [0.1, 0.15) is 7.85 Å². The van der Waals surface area contributed by atoms with E-state index < -0.39 is 5.44 Å². The zero-order chi connectivity index (χ0) is 11.9. The molecule has 2 amide bonds. The maximum absolute atomic E-state index is 11.5. The fourth-order valence-corrected chi connectivity index (χ4v) is 2.06. The molecule has 0 aliphatic carbocycles. The lowest BCUT2D eigenvalue weighted by Gasteiger charge is -2.39. The van der Waals surface area contributed by atoms with Crippen molar-refractivity contribution in [2.45, 2.75) is 39.6 Å². The van der Waals surface area contributed by atoms with Gasteiger partial charge in [-0.15, -0.1) is 0 Å². The van der Waals surface area contributed by atoms with Crippen LogP contribution in [-0.2, 0) is 9.59 Å². The van der Waals surface area contributed by atoms with E-state index in [-0.39, 0.29) is 17.2 Å². The average Bonchev–Trinajstić information content (AvgIpc) is 2.25. The van der Waals surface area contributed by atoms with Gasteiger partial charge in [-0.3, -0.25) is 14.5 Å². The predicted octanol–water partition coefficient (Wildman–Crippen LogP) is 1.23. The van der Waals surface area contributed by atoms with Gasteiger partial charge in [0.2, 0.25) is 0 Å². The van der Waals surface area contributed by atoms with E-state index in [9.17, 15) is 9.59 Å². The summed E-state index contributed by atoms with van der Waals surface area (Å²) < 4.78 is 0. The molecule has 3 nitrogen and oxygen atoms in total.